The van der Waals surface area contributed by atoms with E-state index in [9.17, 15) is 0 Å². The maximum Gasteiger partial charge on any atom is 0.0353 e. The molecule has 0 radical (unpaired) electrons. The third-order valence-electron chi connectivity index (χ3n) is 3.27. The zero-order valence-electron chi connectivity index (χ0n) is 10.4. The highest BCUT2D eigenvalue weighted by molar-refractivity contribution is 4.88. The number of likely N-dealkylation sites (N-methyl/N-ethyl adjacent to an activating group) is 2. The Balaban J connectivity index is 2.68. The molecule has 1 fully saturated rings. The molecule has 0 aromatic heterocycles. The first-order valence-corrected chi connectivity index (χ1v) is 5.88. The van der Waals surface area contributed by atoms with Crippen LogP contribution in [0, 0.1) is 0 Å². The van der Waals surface area contributed by atoms with Crippen LogP contribution < -0.4 is 5.32 Å². The molecule has 15 heavy (non-hydrogen) atoms. The Kier molecular flexibility index (Phi) is 5.29. The Hall–Kier alpha value is -0.380. The van der Waals surface area contributed by atoms with Crippen molar-refractivity contribution in [2.45, 2.75) is 25.4 Å². The second-order valence-electron chi connectivity index (χ2n) is 4.60. The summed E-state index contributed by atoms with van der Waals surface area (Å²) in [4.78, 5) is 4.99. The minimum atomic E-state index is 0.607. The van der Waals surface area contributed by atoms with Crippen molar-refractivity contribution in [3.05, 3.63) is 12.7 Å². The van der Waals surface area contributed by atoms with Crippen molar-refractivity contribution >= 4 is 0 Å². The van der Waals surface area contributed by atoms with E-state index in [-0.39, 0.29) is 0 Å². The molecule has 0 amide bonds. The average Bonchev–Trinajstić information content (AvgIpc) is 2.33. The molecule has 88 valence electrons. The quantitative estimate of drug-likeness (QED) is 0.694. The van der Waals surface area contributed by atoms with Gasteiger partial charge in [-0.2, -0.15) is 0 Å². The van der Waals surface area contributed by atoms with Crippen molar-refractivity contribution in [1.82, 2.24) is 15.1 Å². The lowest BCUT2D eigenvalue weighted by Crippen LogP contribution is -2.48. The number of hydrogen-bond donors (Lipinski definition) is 1. The lowest BCUT2D eigenvalue weighted by molar-refractivity contribution is 0.160. The van der Waals surface area contributed by atoms with Crippen LogP contribution in [0.2, 0.25) is 0 Å². The van der Waals surface area contributed by atoms with Crippen LogP contribution in [0.4, 0.5) is 0 Å². The molecule has 1 rings (SSSR count). The van der Waals surface area contributed by atoms with Crippen molar-refractivity contribution in [2.24, 2.45) is 0 Å². The molecule has 0 aromatic carbocycles. The summed E-state index contributed by atoms with van der Waals surface area (Å²) in [7, 11) is 4.24. The third kappa shape index (κ3) is 3.59. The zero-order chi connectivity index (χ0) is 11.3. The summed E-state index contributed by atoms with van der Waals surface area (Å²) in [6.45, 7) is 10.6. The molecule has 0 aliphatic carbocycles. The highest BCUT2D eigenvalue weighted by Gasteiger charge is 2.26. The molecule has 3 heteroatoms. The van der Waals surface area contributed by atoms with E-state index in [1.165, 1.54) is 13.0 Å². The normalized spacial score (nSPS) is 30.1. The smallest absolute Gasteiger partial charge is 0.0353 e. The SMILES string of the molecule is C=CCN1C(C)CCN(C)CC1CNC. The molecule has 1 saturated heterocycles. The molecule has 0 bridgehead atoms. The standard InChI is InChI=1S/C12H25N3/c1-5-7-15-11(2)6-8-14(4)10-12(15)9-13-3/h5,11-13H,1,6-10H2,2-4H3. The molecule has 0 spiro atoms. The van der Waals surface area contributed by atoms with Crippen LogP contribution in [0.15, 0.2) is 12.7 Å². The predicted molar refractivity (Wildman–Crippen MR) is 66.2 cm³/mol. The average molecular weight is 211 g/mol. The van der Waals surface area contributed by atoms with Gasteiger partial charge in [0.2, 0.25) is 0 Å². The summed E-state index contributed by atoms with van der Waals surface area (Å²) < 4.78 is 0. The van der Waals surface area contributed by atoms with Gasteiger partial charge in [-0.25, -0.2) is 0 Å². The third-order valence-corrected chi connectivity index (χ3v) is 3.27. The highest BCUT2D eigenvalue weighted by atomic mass is 15.3. The van der Waals surface area contributed by atoms with Crippen LogP contribution >= 0.6 is 0 Å². The van der Waals surface area contributed by atoms with Gasteiger partial charge in [-0.1, -0.05) is 6.08 Å². The minimum absolute atomic E-state index is 0.607. The van der Waals surface area contributed by atoms with Gasteiger partial charge in [0, 0.05) is 31.7 Å². The monoisotopic (exact) mass is 211 g/mol. The fourth-order valence-electron chi connectivity index (χ4n) is 2.38. The molecular formula is C12H25N3. The van der Waals surface area contributed by atoms with Crippen molar-refractivity contribution < 1.29 is 0 Å². The van der Waals surface area contributed by atoms with Gasteiger partial charge >= 0.3 is 0 Å². The van der Waals surface area contributed by atoms with E-state index in [1.807, 2.05) is 13.1 Å². The summed E-state index contributed by atoms with van der Waals surface area (Å²) in [5.41, 5.74) is 0. The largest absolute Gasteiger partial charge is 0.318 e. The molecule has 2 unspecified atom stereocenters. The van der Waals surface area contributed by atoms with Crippen molar-refractivity contribution in [3.63, 3.8) is 0 Å². The number of rotatable bonds is 4. The lowest BCUT2D eigenvalue weighted by atomic mass is 10.1. The van der Waals surface area contributed by atoms with E-state index in [0.717, 1.165) is 19.6 Å². The number of hydrogen-bond acceptors (Lipinski definition) is 3. The van der Waals surface area contributed by atoms with Crippen LogP contribution in [0.5, 0.6) is 0 Å². The van der Waals surface area contributed by atoms with Crippen LogP contribution in [-0.2, 0) is 0 Å². The summed E-state index contributed by atoms with van der Waals surface area (Å²) in [5.74, 6) is 0. The van der Waals surface area contributed by atoms with Gasteiger partial charge in [-0.15, -0.1) is 6.58 Å². The second-order valence-corrected chi connectivity index (χ2v) is 4.60. The Morgan fingerprint density at radius 1 is 1.53 bits per heavy atom. The molecule has 1 N–H and O–H groups in total. The van der Waals surface area contributed by atoms with E-state index in [2.05, 4.69) is 35.7 Å². The number of nitrogens with zero attached hydrogens (tertiary/aromatic N) is 2. The lowest BCUT2D eigenvalue weighted by Gasteiger charge is -2.33. The predicted octanol–water partition coefficient (Wildman–Crippen LogP) is 0.786. The summed E-state index contributed by atoms with van der Waals surface area (Å²) in [5, 5.41) is 3.29. The van der Waals surface area contributed by atoms with Crippen molar-refractivity contribution in [2.75, 3.05) is 40.3 Å². The Morgan fingerprint density at radius 3 is 2.87 bits per heavy atom. The summed E-state index contributed by atoms with van der Waals surface area (Å²) in [6.07, 6.45) is 3.27. The van der Waals surface area contributed by atoms with Gasteiger partial charge in [0.15, 0.2) is 0 Å². The van der Waals surface area contributed by atoms with Crippen LogP contribution in [0.1, 0.15) is 13.3 Å². The molecule has 1 heterocycles. The highest BCUT2D eigenvalue weighted by Crippen LogP contribution is 2.14. The van der Waals surface area contributed by atoms with Gasteiger partial charge in [0.05, 0.1) is 0 Å². The van der Waals surface area contributed by atoms with Gasteiger partial charge in [0.1, 0.15) is 0 Å². The summed E-state index contributed by atoms with van der Waals surface area (Å²) in [6, 6.07) is 1.27. The molecule has 0 aromatic rings. The molecule has 3 nitrogen and oxygen atoms in total. The Bertz CT molecular complexity index is 193. The molecule has 1 aliphatic rings. The van der Waals surface area contributed by atoms with Crippen molar-refractivity contribution in [1.29, 1.82) is 0 Å². The van der Waals surface area contributed by atoms with Gasteiger partial charge in [0.25, 0.3) is 0 Å². The zero-order valence-corrected chi connectivity index (χ0v) is 10.4. The van der Waals surface area contributed by atoms with Crippen LogP contribution in [0.3, 0.4) is 0 Å². The first kappa shape index (κ1) is 12.7. The molecule has 2 atom stereocenters. The molecular weight excluding hydrogens is 186 g/mol. The topological polar surface area (TPSA) is 18.5 Å². The van der Waals surface area contributed by atoms with E-state index in [0.29, 0.717) is 12.1 Å². The van der Waals surface area contributed by atoms with Crippen LogP contribution in [-0.4, -0.2) is 62.2 Å². The minimum Gasteiger partial charge on any atom is -0.318 e. The maximum absolute atomic E-state index is 3.86. The maximum atomic E-state index is 3.86. The van der Waals surface area contributed by atoms with Crippen molar-refractivity contribution in [3.8, 4) is 0 Å². The second kappa shape index (κ2) is 6.26. The Labute approximate surface area is 94.1 Å². The van der Waals surface area contributed by atoms with Gasteiger partial charge in [-0.3, -0.25) is 4.90 Å². The van der Waals surface area contributed by atoms with E-state index >= 15 is 0 Å². The molecule has 0 saturated carbocycles. The van der Waals surface area contributed by atoms with E-state index < -0.39 is 0 Å². The van der Waals surface area contributed by atoms with E-state index in [1.54, 1.807) is 0 Å². The first-order valence-electron chi connectivity index (χ1n) is 5.88. The van der Waals surface area contributed by atoms with Gasteiger partial charge < -0.3 is 10.2 Å². The Morgan fingerprint density at radius 2 is 2.27 bits per heavy atom. The van der Waals surface area contributed by atoms with Crippen LogP contribution in [0.25, 0.3) is 0 Å². The number of nitrogens with one attached hydrogen (secondary N) is 1. The van der Waals surface area contributed by atoms with Gasteiger partial charge in [-0.05, 0) is 34.0 Å². The fraction of sp³-hybridized carbons (Fsp3) is 0.833. The summed E-state index contributed by atoms with van der Waals surface area (Å²) >= 11 is 0. The fourth-order valence-corrected chi connectivity index (χ4v) is 2.38. The van der Waals surface area contributed by atoms with E-state index in [4.69, 9.17) is 0 Å². The first-order chi connectivity index (χ1) is 7.19. The molecule has 1 aliphatic heterocycles.